The summed E-state index contributed by atoms with van der Waals surface area (Å²) in [4.78, 5) is 0. The summed E-state index contributed by atoms with van der Waals surface area (Å²) in [5, 5.41) is 8.62. The summed E-state index contributed by atoms with van der Waals surface area (Å²) in [6.45, 7) is 16.1. The zero-order chi connectivity index (χ0) is 15.1. The van der Waals surface area contributed by atoms with Crippen LogP contribution in [0.4, 0.5) is 0 Å². The van der Waals surface area contributed by atoms with Gasteiger partial charge in [0.2, 0.25) is 0 Å². The van der Waals surface area contributed by atoms with E-state index >= 15 is 0 Å². The van der Waals surface area contributed by atoms with Crippen molar-refractivity contribution >= 4 is 8.53 Å². The summed E-state index contributed by atoms with van der Waals surface area (Å²) in [6.07, 6.45) is 0.405. The van der Waals surface area contributed by atoms with Crippen molar-refractivity contribution in [2.24, 2.45) is 5.41 Å². The van der Waals surface area contributed by atoms with E-state index in [1.165, 1.54) is 0 Å². The van der Waals surface area contributed by atoms with Gasteiger partial charge in [-0.3, -0.25) is 0 Å². The van der Waals surface area contributed by atoms with Crippen LogP contribution >= 0.6 is 8.53 Å². The first-order valence-corrected chi connectivity index (χ1v) is 8.03. The van der Waals surface area contributed by atoms with Crippen LogP contribution < -0.4 is 0 Å². The lowest BCUT2D eigenvalue weighted by Gasteiger charge is -2.36. The fourth-order valence-corrected chi connectivity index (χ4v) is 3.40. The monoisotopic (exact) mass is 288 g/mol. The van der Waals surface area contributed by atoms with Crippen LogP contribution in [-0.4, -0.2) is 30.0 Å². The van der Waals surface area contributed by atoms with Crippen LogP contribution in [0.3, 0.4) is 0 Å². The maximum Gasteiger partial charge on any atom is 0.259 e. The van der Waals surface area contributed by atoms with Crippen molar-refractivity contribution in [2.45, 2.75) is 67.0 Å². The molecule has 0 N–H and O–H groups in total. The molecule has 0 spiro atoms. The highest BCUT2D eigenvalue weighted by molar-refractivity contribution is 7.44. The Bertz CT molecular complexity index is 274. The van der Waals surface area contributed by atoms with Gasteiger partial charge in [0, 0.05) is 12.1 Å². The van der Waals surface area contributed by atoms with E-state index in [1.54, 1.807) is 0 Å². The van der Waals surface area contributed by atoms with Crippen LogP contribution in [-0.2, 0) is 9.05 Å². The minimum atomic E-state index is -1.10. The number of hydrogen-bond donors (Lipinski definition) is 0. The van der Waals surface area contributed by atoms with Crippen LogP contribution in [0, 0.1) is 16.7 Å². The van der Waals surface area contributed by atoms with Gasteiger partial charge in [0.15, 0.2) is 0 Å². The third kappa shape index (κ3) is 8.55. The smallest absolute Gasteiger partial charge is 0.259 e. The number of rotatable bonds is 8. The Labute approximate surface area is 120 Å². The molecule has 0 saturated heterocycles. The lowest BCUT2D eigenvalue weighted by atomic mass is 9.99. The van der Waals surface area contributed by atoms with Gasteiger partial charge in [0.05, 0.1) is 25.7 Å². The fourth-order valence-electron chi connectivity index (χ4n) is 1.56. The molecule has 0 bridgehead atoms. The Morgan fingerprint density at radius 2 is 1.63 bits per heavy atom. The van der Waals surface area contributed by atoms with Crippen molar-refractivity contribution in [3.05, 3.63) is 0 Å². The normalized spacial score (nSPS) is 14.2. The summed E-state index contributed by atoms with van der Waals surface area (Å²) in [7, 11) is -1.10. The van der Waals surface area contributed by atoms with E-state index in [2.05, 4.69) is 59.2 Å². The molecular formula is C14H29N2O2P. The second-order valence-electron chi connectivity index (χ2n) is 6.38. The van der Waals surface area contributed by atoms with Gasteiger partial charge in [-0.25, -0.2) is 4.67 Å². The summed E-state index contributed by atoms with van der Waals surface area (Å²) >= 11 is 0. The molecule has 0 aromatic heterocycles. The molecule has 0 amide bonds. The number of nitriles is 1. The number of hydrogen-bond acceptors (Lipinski definition) is 4. The van der Waals surface area contributed by atoms with Crippen molar-refractivity contribution in [3.63, 3.8) is 0 Å². The molecule has 5 heteroatoms. The van der Waals surface area contributed by atoms with E-state index in [4.69, 9.17) is 14.3 Å². The predicted octanol–water partition coefficient (Wildman–Crippen LogP) is 4.33. The Morgan fingerprint density at radius 1 is 1.11 bits per heavy atom. The van der Waals surface area contributed by atoms with Crippen LogP contribution in [0.2, 0.25) is 0 Å². The molecule has 19 heavy (non-hydrogen) atoms. The molecule has 112 valence electrons. The standard InChI is InChI=1S/C14H29N2O2P/c1-12(2)16(13(3)4)19(17-10-8-9-15)18-11-14(5,6)7/h12-13H,8,10-11H2,1-7H3. The third-order valence-corrected chi connectivity index (χ3v) is 4.32. The van der Waals surface area contributed by atoms with Gasteiger partial charge >= 0.3 is 0 Å². The molecule has 0 rings (SSSR count). The topological polar surface area (TPSA) is 45.5 Å². The second kappa shape index (κ2) is 8.87. The summed E-state index contributed by atoms with van der Waals surface area (Å²) in [6, 6.07) is 2.81. The van der Waals surface area contributed by atoms with Gasteiger partial charge in [-0.15, -0.1) is 0 Å². The molecular weight excluding hydrogens is 259 g/mol. The van der Waals surface area contributed by atoms with E-state index < -0.39 is 8.53 Å². The van der Waals surface area contributed by atoms with Gasteiger partial charge in [-0.05, 0) is 33.1 Å². The predicted molar refractivity (Wildman–Crippen MR) is 80.6 cm³/mol. The molecule has 0 aromatic rings. The van der Waals surface area contributed by atoms with Gasteiger partial charge in [0.25, 0.3) is 8.53 Å². The molecule has 1 atom stereocenters. The van der Waals surface area contributed by atoms with Crippen LogP contribution in [0.15, 0.2) is 0 Å². The van der Waals surface area contributed by atoms with Gasteiger partial charge in [0.1, 0.15) is 0 Å². The van der Waals surface area contributed by atoms with Crippen molar-refractivity contribution in [2.75, 3.05) is 13.2 Å². The number of nitrogens with zero attached hydrogens (tertiary/aromatic N) is 2. The molecule has 0 aliphatic rings. The Hall–Kier alpha value is -0.200. The Balaban J connectivity index is 4.67. The minimum absolute atomic E-state index is 0.110. The van der Waals surface area contributed by atoms with Crippen molar-refractivity contribution in [3.8, 4) is 6.07 Å². The lowest BCUT2D eigenvalue weighted by Crippen LogP contribution is -2.34. The van der Waals surface area contributed by atoms with E-state index in [-0.39, 0.29) is 5.41 Å². The SMILES string of the molecule is CC(C)N(C(C)C)P(OCCC#N)OCC(C)(C)C. The minimum Gasteiger partial charge on any atom is -0.321 e. The Kier molecular flexibility index (Phi) is 8.78. The lowest BCUT2D eigenvalue weighted by molar-refractivity contribution is 0.137. The molecule has 0 fully saturated rings. The maximum atomic E-state index is 8.62. The van der Waals surface area contributed by atoms with Crippen LogP contribution in [0.25, 0.3) is 0 Å². The molecule has 0 radical (unpaired) electrons. The maximum absolute atomic E-state index is 8.62. The first-order valence-electron chi connectivity index (χ1n) is 6.90. The quantitative estimate of drug-likeness (QED) is 0.493. The third-order valence-electron chi connectivity index (χ3n) is 2.27. The summed E-state index contributed by atoms with van der Waals surface area (Å²) in [5.74, 6) is 0. The molecule has 0 heterocycles. The second-order valence-corrected chi connectivity index (χ2v) is 7.83. The molecule has 0 aliphatic carbocycles. The fraction of sp³-hybridized carbons (Fsp3) is 0.929. The van der Waals surface area contributed by atoms with E-state index in [1.807, 2.05) is 0 Å². The average molecular weight is 288 g/mol. The molecule has 0 saturated carbocycles. The van der Waals surface area contributed by atoms with E-state index in [0.29, 0.717) is 31.7 Å². The molecule has 0 aliphatic heterocycles. The molecule has 1 unspecified atom stereocenters. The van der Waals surface area contributed by atoms with Crippen LogP contribution in [0.5, 0.6) is 0 Å². The highest BCUT2D eigenvalue weighted by Crippen LogP contribution is 2.46. The highest BCUT2D eigenvalue weighted by atomic mass is 31.2. The summed E-state index contributed by atoms with van der Waals surface area (Å²) in [5.41, 5.74) is 0.110. The van der Waals surface area contributed by atoms with Crippen LogP contribution in [0.1, 0.15) is 54.9 Å². The molecule has 4 nitrogen and oxygen atoms in total. The zero-order valence-corrected chi connectivity index (χ0v) is 14.3. The largest absolute Gasteiger partial charge is 0.321 e. The average Bonchev–Trinajstić information content (AvgIpc) is 2.23. The van der Waals surface area contributed by atoms with Gasteiger partial charge in [-0.1, -0.05) is 20.8 Å². The first kappa shape index (κ1) is 18.8. The van der Waals surface area contributed by atoms with E-state index in [9.17, 15) is 0 Å². The zero-order valence-electron chi connectivity index (χ0n) is 13.4. The first-order chi connectivity index (χ1) is 8.69. The molecule has 0 aromatic carbocycles. The summed E-state index contributed by atoms with van der Waals surface area (Å²) < 4.78 is 14.1. The van der Waals surface area contributed by atoms with Crippen molar-refractivity contribution in [1.29, 1.82) is 5.26 Å². The van der Waals surface area contributed by atoms with Crippen molar-refractivity contribution in [1.82, 2.24) is 4.67 Å². The Morgan fingerprint density at radius 3 is 2.00 bits per heavy atom. The van der Waals surface area contributed by atoms with Gasteiger partial charge < -0.3 is 9.05 Å². The highest BCUT2D eigenvalue weighted by Gasteiger charge is 2.28. The van der Waals surface area contributed by atoms with E-state index in [0.717, 1.165) is 0 Å². The van der Waals surface area contributed by atoms with Crippen molar-refractivity contribution < 1.29 is 9.05 Å². The van der Waals surface area contributed by atoms with Gasteiger partial charge in [-0.2, -0.15) is 5.26 Å².